The predicted octanol–water partition coefficient (Wildman–Crippen LogP) is 6.16. The van der Waals surface area contributed by atoms with E-state index in [-0.39, 0.29) is 18.1 Å². The SMILES string of the molecule is CC(CCOc1ccc(OC(=O)c2ccc(OCC3CO3)cc2)cc1)COc1ccc(OC(=O)c2ccc(OCC3CO3)cc2)cc1. The molecule has 2 heterocycles. The summed E-state index contributed by atoms with van der Waals surface area (Å²) in [6.45, 7) is 5.56. The Labute approximate surface area is 273 Å². The van der Waals surface area contributed by atoms with Crippen molar-refractivity contribution in [3.05, 3.63) is 108 Å². The number of hydrogen-bond acceptors (Lipinski definition) is 10. The Morgan fingerprint density at radius 1 is 0.574 bits per heavy atom. The molecule has 2 saturated heterocycles. The van der Waals surface area contributed by atoms with Gasteiger partial charge in [-0.3, -0.25) is 0 Å². The monoisotopic (exact) mass is 640 g/mol. The maximum atomic E-state index is 12.5. The lowest BCUT2D eigenvalue weighted by Gasteiger charge is -2.14. The van der Waals surface area contributed by atoms with Crippen molar-refractivity contribution in [2.45, 2.75) is 25.6 Å². The van der Waals surface area contributed by atoms with Crippen molar-refractivity contribution in [3.8, 4) is 34.5 Å². The highest BCUT2D eigenvalue weighted by molar-refractivity contribution is 5.91. The average molecular weight is 641 g/mol. The standard InChI is InChI=1S/C37H36O10/c1-25(20-41-31-12-16-33(17-13-31)47-37(39)27-4-8-30(9-5-27)43-22-35-24-45-35)18-19-40-28-10-14-32(15-11-28)46-36(38)26-2-6-29(7-3-26)42-21-34-23-44-34/h2-17,25,34-35H,18-24H2,1H3. The number of benzene rings is 4. The summed E-state index contributed by atoms with van der Waals surface area (Å²) in [5.41, 5.74) is 0.860. The maximum Gasteiger partial charge on any atom is 0.343 e. The summed E-state index contributed by atoms with van der Waals surface area (Å²) in [6, 6.07) is 27.5. The van der Waals surface area contributed by atoms with Gasteiger partial charge < -0.3 is 37.9 Å². The fraction of sp³-hybridized carbons (Fsp3) is 0.297. The van der Waals surface area contributed by atoms with Crippen molar-refractivity contribution in [2.75, 3.05) is 39.6 Å². The molecular weight excluding hydrogens is 604 g/mol. The second-order valence-electron chi connectivity index (χ2n) is 11.4. The van der Waals surface area contributed by atoms with Crippen LogP contribution in [-0.2, 0) is 9.47 Å². The lowest BCUT2D eigenvalue weighted by atomic mass is 10.1. The van der Waals surface area contributed by atoms with Crippen LogP contribution in [0, 0.1) is 5.92 Å². The van der Waals surface area contributed by atoms with Crippen molar-refractivity contribution < 1.29 is 47.5 Å². The average Bonchev–Trinajstić information content (AvgIpc) is 4.04. The van der Waals surface area contributed by atoms with Crippen LogP contribution in [-0.4, -0.2) is 63.8 Å². The van der Waals surface area contributed by atoms with E-state index in [0.717, 1.165) is 19.6 Å². The highest BCUT2D eigenvalue weighted by Gasteiger charge is 2.24. The van der Waals surface area contributed by atoms with E-state index in [1.807, 2.05) is 0 Å². The Morgan fingerprint density at radius 2 is 0.936 bits per heavy atom. The minimum Gasteiger partial charge on any atom is -0.494 e. The molecule has 0 saturated carbocycles. The molecular formula is C37H36O10. The van der Waals surface area contributed by atoms with E-state index in [2.05, 4.69) is 6.92 Å². The molecule has 3 atom stereocenters. The van der Waals surface area contributed by atoms with E-state index >= 15 is 0 Å². The van der Waals surface area contributed by atoms with Gasteiger partial charge in [0.15, 0.2) is 0 Å². The van der Waals surface area contributed by atoms with Crippen LogP contribution in [0.25, 0.3) is 0 Å². The highest BCUT2D eigenvalue weighted by atomic mass is 16.6. The summed E-state index contributed by atoms with van der Waals surface area (Å²) in [4.78, 5) is 25.0. The van der Waals surface area contributed by atoms with Gasteiger partial charge >= 0.3 is 11.9 Å². The molecule has 3 unspecified atom stereocenters. The molecule has 0 aromatic heterocycles. The van der Waals surface area contributed by atoms with Crippen LogP contribution in [0.5, 0.6) is 34.5 Å². The number of ether oxygens (including phenoxy) is 8. The van der Waals surface area contributed by atoms with Gasteiger partial charge in [-0.2, -0.15) is 0 Å². The van der Waals surface area contributed by atoms with E-state index < -0.39 is 11.9 Å². The molecule has 2 aliphatic heterocycles. The molecule has 0 radical (unpaired) electrons. The van der Waals surface area contributed by atoms with E-state index in [9.17, 15) is 9.59 Å². The normalized spacial score (nSPS) is 16.8. The predicted molar refractivity (Wildman–Crippen MR) is 171 cm³/mol. The summed E-state index contributed by atoms with van der Waals surface area (Å²) in [6.07, 6.45) is 1.12. The van der Waals surface area contributed by atoms with Crippen LogP contribution in [0.1, 0.15) is 34.1 Å². The summed E-state index contributed by atoms with van der Waals surface area (Å²) in [5.74, 6) is 2.90. The van der Waals surface area contributed by atoms with Crippen LogP contribution in [0.15, 0.2) is 97.1 Å². The summed E-state index contributed by atoms with van der Waals surface area (Å²) >= 11 is 0. The zero-order valence-corrected chi connectivity index (χ0v) is 26.0. The zero-order chi connectivity index (χ0) is 32.4. The van der Waals surface area contributed by atoms with Gasteiger partial charge in [-0.25, -0.2) is 9.59 Å². The van der Waals surface area contributed by atoms with Gasteiger partial charge in [-0.05, 0) is 109 Å². The van der Waals surface area contributed by atoms with Gasteiger partial charge in [0.1, 0.15) is 59.9 Å². The first-order valence-corrected chi connectivity index (χ1v) is 15.6. The van der Waals surface area contributed by atoms with Crippen LogP contribution >= 0.6 is 0 Å². The molecule has 0 N–H and O–H groups in total. The number of rotatable bonds is 17. The number of epoxide rings is 2. The molecule has 10 nitrogen and oxygen atoms in total. The summed E-state index contributed by atoms with van der Waals surface area (Å²) in [7, 11) is 0. The molecule has 244 valence electrons. The second kappa shape index (κ2) is 15.5. The minimum atomic E-state index is -0.451. The Kier molecular flexibility index (Phi) is 10.5. The zero-order valence-electron chi connectivity index (χ0n) is 26.0. The quantitative estimate of drug-likeness (QED) is 0.0755. The van der Waals surface area contributed by atoms with Gasteiger partial charge in [-0.15, -0.1) is 0 Å². The van der Waals surface area contributed by atoms with E-state index in [0.29, 0.717) is 72.1 Å². The van der Waals surface area contributed by atoms with Gasteiger partial charge in [0, 0.05) is 0 Å². The van der Waals surface area contributed by atoms with Crippen molar-refractivity contribution >= 4 is 11.9 Å². The Bertz CT molecular complexity index is 1590. The van der Waals surface area contributed by atoms with Crippen molar-refractivity contribution in [1.29, 1.82) is 0 Å². The molecule has 47 heavy (non-hydrogen) atoms. The molecule has 2 aliphatic rings. The second-order valence-corrected chi connectivity index (χ2v) is 11.4. The van der Waals surface area contributed by atoms with Gasteiger partial charge in [0.05, 0.1) is 37.6 Å². The van der Waals surface area contributed by atoms with Crippen molar-refractivity contribution in [1.82, 2.24) is 0 Å². The highest BCUT2D eigenvalue weighted by Crippen LogP contribution is 2.23. The van der Waals surface area contributed by atoms with Gasteiger partial charge in [0.2, 0.25) is 0 Å². The number of esters is 2. The maximum absolute atomic E-state index is 12.5. The fourth-order valence-electron chi connectivity index (χ4n) is 4.32. The first-order chi connectivity index (χ1) is 23.0. The Hall–Kier alpha value is -5.06. The summed E-state index contributed by atoms with van der Waals surface area (Å²) < 4.78 is 44.2. The third-order valence-electron chi connectivity index (χ3n) is 7.34. The van der Waals surface area contributed by atoms with Gasteiger partial charge in [0.25, 0.3) is 0 Å². The van der Waals surface area contributed by atoms with Crippen molar-refractivity contribution in [3.63, 3.8) is 0 Å². The number of carbonyl (C=O) groups excluding carboxylic acids is 2. The largest absolute Gasteiger partial charge is 0.494 e. The first-order valence-electron chi connectivity index (χ1n) is 15.6. The third-order valence-corrected chi connectivity index (χ3v) is 7.34. The van der Waals surface area contributed by atoms with Crippen LogP contribution < -0.4 is 28.4 Å². The molecule has 0 aliphatic carbocycles. The molecule has 2 fully saturated rings. The summed E-state index contributed by atoms with van der Waals surface area (Å²) in [5, 5.41) is 0. The molecule has 10 heteroatoms. The Morgan fingerprint density at radius 3 is 1.36 bits per heavy atom. The van der Waals surface area contributed by atoms with E-state index in [4.69, 9.17) is 37.9 Å². The van der Waals surface area contributed by atoms with E-state index in [1.165, 1.54) is 0 Å². The van der Waals surface area contributed by atoms with Crippen LogP contribution in [0.3, 0.4) is 0 Å². The number of carbonyl (C=O) groups is 2. The lowest BCUT2D eigenvalue weighted by molar-refractivity contribution is 0.0725. The lowest BCUT2D eigenvalue weighted by Crippen LogP contribution is -2.12. The molecule has 0 bridgehead atoms. The van der Waals surface area contributed by atoms with Gasteiger partial charge in [-0.1, -0.05) is 6.92 Å². The minimum absolute atomic E-state index is 0.172. The number of hydrogen-bond donors (Lipinski definition) is 0. The first kappa shape index (κ1) is 31.9. The molecule has 0 amide bonds. The fourth-order valence-corrected chi connectivity index (χ4v) is 4.32. The van der Waals surface area contributed by atoms with Crippen LogP contribution in [0.2, 0.25) is 0 Å². The topological polar surface area (TPSA) is 115 Å². The molecule has 0 spiro atoms. The molecule has 4 aromatic carbocycles. The Balaban J connectivity index is 0.859. The molecule has 6 rings (SSSR count). The molecule has 4 aromatic rings. The smallest absolute Gasteiger partial charge is 0.343 e. The van der Waals surface area contributed by atoms with E-state index in [1.54, 1.807) is 97.1 Å². The third kappa shape index (κ3) is 10.2. The van der Waals surface area contributed by atoms with Crippen molar-refractivity contribution in [2.24, 2.45) is 5.92 Å². The van der Waals surface area contributed by atoms with Crippen LogP contribution in [0.4, 0.5) is 0 Å².